The molecule has 2 aromatic rings. The highest BCUT2D eigenvalue weighted by atomic mass is 127. The quantitative estimate of drug-likeness (QED) is 0.722. The second kappa shape index (κ2) is 3.74. The van der Waals surface area contributed by atoms with E-state index in [2.05, 4.69) is 47.1 Å². The van der Waals surface area contributed by atoms with Crippen molar-refractivity contribution in [3.63, 3.8) is 0 Å². The molecule has 0 spiro atoms. The smallest absolute Gasteiger partial charge is 0.155 e. The van der Waals surface area contributed by atoms with E-state index in [0.29, 0.717) is 0 Å². The van der Waals surface area contributed by atoms with E-state index in [-0.39, 0.29) is 0 Å². The third kappa shape index (κ3) is 1.59. The summed E-state index contributed by atoms with van der Waals surface area (Å²) in [5.41, 5.74) is 1.96. The molecular weight excluding hydrogens is 365 g/mol. The summed E-state index contributed by atoms with van der Waals surface area (Å²) < 4.78 is 3.05. The van der Waals surface area contributed by atoms with Crippen LogP contribution in [0.4, 0.5) is 0 Å². The van der Waals surface area contributed by atoms with Crippen LogP contribution in [0, 0.1) is 6.92 Å². The maximum absolute atomic E-state index is 4.23. The van der Waals surface area contributed by atoms with E-state index in [1.165, 1.54) is 0 Å². The fourth-order valence-electron chi connectivity index (χ4n) is 1.19. The monoisotopic (exact) mass is 369 g/mol. The highest BCUT2D eigenvalue weighted by molar-refractivity contribution is 14.2. The highest BCUT2D eigenvalue weighted by Gasteiger charge is 2.09. The Bertz CT molecular complexity index is 456. The number of aryl methyl sites for hydroxylation is 1. The molecule has 0 amide bonds. The van der Waals surface area contributed by atoms with Gasteiger partial charge < -0.3 is 0 Å². The maximum atomic E-state index is 4.23. The van der Waals surface area contributed by atoms with Gasteiger partial charge in [-0.3, -0.25) is 3.97 Å². The Morgan fingerprint density at radius 1 is 1.54 bits per heavy atom. The summed E-state index contributed by atoms with van der Waals surface area (Å²) in [6.07, 6.45) is 3.59. The van der Waals surface area contributed by atoms with E-state index in [9.17, 15) is 0 Å². The Balaban J connectivity index is 2.87. The lowest BCUT2D eigenvalue weighted by Gasteiger charge is -1.96. The van der Waals surface area contributed by atoms with E-state index in [1.807, 2.05) is 17.1 Å². The van der Waals surface area contributed by atoms with Crippen LogP contribution in [0.25, 0.3) is 11.0 Å². The zero-order valence-electron chi connectivity index (χ0n) is 6.66. The predicted octanol–water partition coefficient (Wildman–Crippen LogP) is 3.35. The topological polar surface area (TPSA) is 30.7 Å². The molecule has 2 aromatic heterocycles. The number of aromatic nitrogens is 3. The van der Waals surface area contributed by atoms with Crippen LogP contribution in [0.1, 0.15) is 5.69 Å². The molecule has 0 radical (unpaired) electrons. The number of hydrogen-bond acceptors (Lipinski definition) is 3. The minimum absolute atomic E-state index is 0.957. The first kappa shape index (κ1) is 9.72. The predicted molar refractivity (Wildman–Crippen MR) is 67.0 cm³/mol. The van der Waals surface area contributed by atoms with E-state index in [4.69, 9.17) is 0 Å². The second-order valence-electron chi connectivity index (χ2n) is 2.53. The Kier molecular flexibility index (Phi) is 2.80. The summed E-state index contributed by atoms with van der Waals surface area (Å²) >= 11 is 5.72. The van der Waals surface area contributed by atoms with Crippen molar-refractivity contribution in [2.24, 2.45) is 0 Å². The van der Waals surface area contributed by atoms with Crippen LogP contribution in [0.3, 0.4) is 0 Å². The van der Waals surface area contributed by atoms with Crippen molar-refractivity contribution in [2.45, 2.75) is 6.92 Å². The van der Waals surface area contributed by atoms with Crippen molar-refractivity contribution in [1.82, 2.24) is 13.9 Å². The summed E-state index contributed by atoms with van der Waals surface area (Å²) in [6, 6.07) is 0. The van der Waals surface area contributed by atoms with Crippen molar-refractivity contribution in [3.8, 4) is 0 Å². The molecule has 0 aromatic carbocycles. The van der Waals surface area contributed by atoms with Gasteiger partial charge in [0.15, 0.2) is 5.65 Å². The van der Waals surface area contributed by atoms with Gasteiger partial charge in [-0.15, -0.1) is 0 Å². The molecule has 0 unspecified atom stereocenters. The fourth-order valence-corrected chi connectivity index (χ4v) is 3.24. The molecule has 0 saturated carbocycles. The van der Waals surface area contributed by atoms with E-state index < -0.39 is 0 Å². The van der Waals surface area contributed by atoms with Crippen LogP contribution in [0.15, 0.2) is 17.0 Å². The van der Waals surface area contributed by atoms with Gasteiger partial charge in [-0.2, -0.15) is 0 Å². The van der Waals surface area contributed by atoms with Gasteiger partial charge in [-0.1, -0.05) is 0 Å². The van der Waals surface area contributed by atoms with Crippen LogP contribution in [-0.2, 0) is 0 Å². The molecule has 0 bridgehead atoms. The largest absolute Gasteiger partial charge is 0.265 e. The molecular formula is C7H5BrIN3S. The molecule has 13 heavy (non-hydrogen) atoms. The van der Waals surface area contributed by atoms with E-state index in [0.717, 1.165) is 21.2 Å². The van der Waals surface area contributed by atoms with Gasteiger partial charge in [0.2, 0.25) is 0 Å². The number of rotatable bonds is 1. The molecule has 2 heterocycles. The normalized spacial score (nSPS) is 11.0. The number of halogens is 2. The maximum Gasteiger partial charge on any atom is 0.155 e. The standard InChI is InChI=1S/C7H5BrIN3S/c1-4-6-5(8)2-12(13-9)7(6)11-3-10-4/h2-3H,1H3. The summed E-state index contributed by atoms with van der Waals surface area (Å²) in [7, 11) is 1.59. The number of nitrogens with zero attached hydrogens (tertiary/aromatic N) is 3. The zero-order valence-corrected chi connectivity index (χ0v) is 11.2. The van der Waals surface area contributed by atoms with Crippen LogP contribution < -0.4 is 0 Å². The molecule has 6 heteroatoms. The van der Waals surface area contributed by atoms with Crippen LogP contribution >= 0.6 is 46.3 Å². The van der Waals surface area contributed by atoms with Crippen LogP contribution in [0.2, 0.25) is 0 Å². The molecule has 0 fully saturated rings. The lowest BCUT2D eigenvalue weighted by Crippen LogP contribution is -1.87. The van der Waals surface area contributed by atoms with Gasteiger partial charge in [-0.05, 0) is 22.9 Å². The van der Waals surface area contributed by atoms with Gasteiger partial charge in [0.25, 0.3) is 0 Å². The number of hydrogen-bond donors (Lipinski definition) is 0. The lowest BCUT2D eigenvalue weighted by molar-refractivity contribution is 1.13. The van der Waals surface area contributed by atoms with E-state index in [1.54, 1.807) is 15.4 Å². The molecule has 0 aliphatic carbocycles. The van der Waals surface area contributed by atoms with E-state index >= 15 is 0 Å². The van der Waals surface area contributed by atoms with Crippen LogP contribution in [-0.4, -0.2) is 13.9 Å². The van der Waals surface area contributed by atoms with Gasteiger partial charge in [0, 0.05) is 41.0 Å². The summed E-state index contributed by atoms with van der Waals surface area (Å²) in [4.78, 5) is 8.38. The fraction of sp³-hybridized carbons (Fsp3) is 0.143. The first-order valence-corrected chi connectivity index (χ1v) is 7.62. The first-order chi connectivity index (χ1) is 6.24. The Morgan fingerprint density at radius 2 is 2.31 bits per heavy atom. The Hall–Kier alpha value is 0.180. The van der Waals surface area contributed by atoms with Crippen molar-refractivity contribution in [2.75, 3.05) is 0 Å². The Morgan fingerprint density at radius 3 is 3.00 bits per heavy atom. The average Bonchev–Trinajstić information content (AvgIpc) is 2.44. The minimum atomic E-state index is 0.957. The number of fused-ring (bicyclic) bond motifs is 1. The first-order valence-electron chi connectivity index (χ1n) is 3.51. The summed E-state index contributed by atoms with van der Waals surface area (Å²) in [5.74, 6) is 0. The second-order valence-corrected chi connectivity index (χ2v) is 5.10. The van der Waals surface area contributed by atoms with Gasteiger partial charge >= 0.3 is 0 Å². The average molecular weight is 370 g/mol. The van der Waals surface area contributed by atoms with Gasteiger partial charge in [-0.25, -0.2) is 9.97 Å². The summed E-state index contributed by atoms with van der Waals surface area (Å²) in [6.45, 7) is 1.98. The van der Waals surface area contributed by atoms with Crippen molar-refractivity contribution >= 4 is 57.3 Å². The molecule has 0 aliphatic rings. The zero-order chi connectivity index (χ0) is 9.42. The molecule has 68 valence electrons. The minimum Gasteiger partial charge on any atom is -0.265 e. The van der Waals surface area contributed by atoms with Crippen molar-refractivity contribution in [3.05, 3.63) is 22.7 Å². The third-order valence-electron chi connectivity index (χ3n) is 1.77. The van der Waals surface area contributed by atoms with Gasteiger partial charge in [0.05, 0.1) is 11.1 Å². The van der Waals surface area contributed by atoms with Crippen molar-refractivity contribution in [1.29, 1.82) is 0 Å². The van der Waals surface area contributed by atoms with Gasteiger partial charge in [0.1, 0.15) is 6.33 Å². The molecule has 3 nitrogen and oxygen atoms in total. The third-order valence-corrected chi connectivity index (χ3v) is 4.07. The molecule has 0 aliphatic heterocycles. The lowest BCUT2D eigenvalue weighted by atomic mass is 10.3. The van der Waals surface area contributed by atoms with Crippen molar-refractivity contribution < 1.29 is 0 Å². The molecule has 2 rings (SSSR count). The molecule has 0 saturated heterocycles. The molecule has 0 atom stereocenters. The Labute approximate surface area is 100 Å². The van der Waals surface area contributed by atoms with Crippen LogP contribution in [0.5, 0.6) is 0 Å². The molecule has 0 N–H and O–H groups in total. The highest BCUT2D eigenvalue weighted by Crippen LogP contribution is 2.31. The SMILES string of the molecule is Cc1ncnc2c1c(Br)cn2SI. The summed E-state index contributed by atoms with van der Waals surface area (Å²) in [5, 5.41) is 1.09.